The molecule has 108 valence electrons. The molecular formula is C15H16N4OS. The quantitative estimate of drug-likeness (QED) is 0.775. The third-order valence-electron chi connectivity index (χ3n) is 3.28. The Bertz CT molecular complexity index is 757. The Balaban J connectivity index is 1.84. The van der Waals surface area contributed by atoms with Gasteiger partial charge in [-0.3, -0.25) is 4.98 Å². The second kappa shape index (κ2) is 5.75. The van der Waals surface area contributed by atoms with Crippen LogP contribution in [0.4, 0.5) is 5.82 Å². The maximum atomic E-state index is 10.2. The summed E-state index contributed by atoms with van der Waals surface area (Å²) in [4.78, 5) is 13.8. The van der Waals surface area contributed by atoms with E-state index < -0.39 is 6.10 Å². The molecule has 3 rings (SSSR count). The number of hydrogen-bond acceptors (Lipinski definition) is 6. The van der Waals surface area contributed by atoms with Crippen LogP contribution in [-0.2, 0) is 0 Å². The van der Waals surface area contributed by atoms with Crippen LogP contribution in [0.3, 0.4) is 0 Å². The molecule has 0 saturated carbocycles. The first-order chi connectivity index (χ1) is 10.1. The smallest absolute Gasteiger partial charge is 0.138 e. The summed E-state index contributed by atoms with van der Waals surface area (Å²) in [7, 11) is 0. The van der Waals surface area contributed by atoms with Crippen LogP contribution in [-0.4, -0.2) is 26.6 Å². The molecule has 0 aromatic carbocycles. The van der Waals surface area contributed by atoms with Crippen molar-refractivity contribution in [3.8, 4) is 0 Å². The monoisotopic (exact) mass is 300 g/mol. The van der Waals surface area contributed by atoms with Crippen LogP contribution in [0.2, 0.25) is 0 Å². The van der Waals surface area contributed by atoms with Gasteiger partial charge in [0.1, 0.15) is 16.5 Å². The third-order valence-corrected chi connectivity index (χ3v) is 4.27. The Morgan fingerprint density at radius 3 is 2.76 bits per heavy atom. The number of aliphatic hydroxyl groups is 1. The fourth-order valence-electron chi connectivity index (χ4n) is 2.22. The molecule has 3 aromatic heterocycles. The number of fused-ring (bicyclic) bond motifs is 1. The van der Waals surface area contributed by atoms with Crippen LogP contribution >= 0.6 is 11.3 Å². The van der Waals surface area contributed by atoms with Crippen molar-refractivity contribution < 1.29 is 5.11 Å². The van der Waals surface area contributed by atoms with Gasteiger partial charge in [-0.15, -0.1) is 11.3 Å². The molecule has 0 spiro atoms. The molecule has 3 heterocycles. The zero-order valence-electron chi connectivity index (χ0n) is 11.9. The highest BCUT2D eigenvalue weighted by atomic mass is 32.1. The molecular weight excluding hydrogens is 284 g/mol. The molecule has 0 radical (unpaired) electrons. The zero-order chi connectivity index (χ0) is 14.8. The predicted molar refractivity (Wildman–Crippen MR) is 84.6 cm³/mol. The van der Waals surface area contributed by atoms with Crippen LogP contribution < -0.4 is 5.32 Å². The van der Waals surface area contributed by atoms with E-state index >= 15 is 0 Å². The molecule has 5 nitrogen and oxygen atoms in total. The summed E-state index contributed by atoms with van der Waals surface area (Å²) in [5.74, 6) is 1.51. The molecule has 21 heavy (non-hydrogen) atoms. The lowest BCUT2D eigenvalue weighted by atomic mass is 10.1. The third kappa shape index (κ3) is 2.86. The number of hydrogen-bond donors (Lipinski definition) is 2. The molecule has 3 aromatic rings. The van der Waals surface area contributed by atoms with E-state index in [-0.39, 0.29) is 0 Å². The lowest BCUT2D eigenvalue weighted by molar-refractivity contribution is 0.191. The minimum absolute atomic E-state index is 0.394. The first-order valence-corrected chi connectivity index (χ1v) is 7.57. The van der Waals surface area contributed by atoms with Gasteiger partial charge in [-0.25, -0.2) is 9.97 Å². The van der Waals surface area contributed by atoms with Crippen molar-refractivity contribution in [1.82, 2.24) is 15.0 Å². The highest BCUT2D eigenvalue weighted by Gasteiger charge is 2.12. The average molecular weight is 300 g/mol. The van der Waals surface area contributed by atoms with Crippen LogP contribution in [0.5, 0.6) is 0 Å². The van der Waals surface area contributed by atoms with Gasteiger partial charge in [0, 0.05) is 18.9 Å². The lowest BCUT2D eigenvalue weighted by Gasteiger charge is -2.13. The van der Waals surface area contributed by atoms with Gasteiger partial charge in [0.2, 0.25) is 0 Å². The number of nitrogens with one attached hydrogen (secondary N) is 1. The van der Waals surface area contributed by atoms with Crippen molar-refractivity contribution in [3.05, 3.63) is 46.9 Å². The molecule has 0 saturated heterocycles. The van der Waals surface area contributed by atoms with E-state index in [2.05, 4.69) is 25.6 Å². The van der Waals surface area contributed by atoms with Gasteiger partial charge in [-0.1, -0.05) is 0 Å². The molecule has 0 amide bonds. The van der Waals surface area contributed by atoms with Gasteiger partial charge in [0.05, 0.1) is 11.5 Å². The number of aromatic nitrogens is 3. The van der Waals surface area contributed by atoms with Gasteiger partial charge in [-0.2, -0.15) is 0 Å². The Hall–Kier alpha value is -2.05. The van der Waals surface area contributed by atoms with Crippen molar-refractivity contribution in [2.75, 3.05) is 11.9 Å². The summed E-state index contributed by atoms with van der Waals surface area (Å²) in [6.45, 7) is 4.31. The molecule has 1 atom stereocenters. The van der Waals surface area contributed by atoms with E-state index in [1.807, 2.05) is 26.0 Å². The minimum Gasteiger partial charge on any atom is -0.387 e. The number of thiophene rings is 1. The Kier molecular flexibility index (Phi) is 3.81. The Labute approximate surface area is 126 Å². The Morgan fingerprint density at radius 1 is 1.24 bits per heavy atom. The minimum atomic E-state index is -0.600. The summed E-state index contributed by atoms with van der Waals surface area (Å²) >= 11 is 1.61. The molecule has 2 N–H and O–H groups in total. The van der Waals surface area contributed by atoms with Crippen molar-refractivity contribution in [2.24, 2.45) is 0 Å². The van der Waals surface area contributed by atoms with Gasteiger partial charge in [-0.05, 0) is 42.5 Å². The normalized spacial score (nSPS) is 12.5. The largest absolute Gasteiger partial charge is 0.387 e. The van der Waals surface area contributed by atoms with Gasteiger partial charge in [0.15, 0.2) is 0 Å². The summed E-state index contributed by atoms with van der Waals surface area (Å²) in [5.41, 5.74) is 1.98. The predicted octanol–water partition coefficient (Wildman–Crippen LogP) is 2.85. The standard InChI is InChI=1S/C15H16N4OS/c1-9-8-21-15-13(9)14(18-10(2)19-15)17-7-12(20)11-3-5-16-6-4-11/h3-6,8,12,20H,7H2,1-2H3,(H,17,18,19). The first kappa shape index (κ1) is 13.9. The molecule has 0 aliphatic heterocycles. The van der Waals surface area contributed by atoms with Gasteiger partial charge in [0.25, 0.3) is 0 Å². The van der Waals surface area contributed by atoms with Crippen LogP contribution in [0.25, 0.3) is 10.2 Å². The fraction of sp³-hybridized carbons (Fsp3) is 0.267. The van der Waals surface area contributed by atoms with Crippen LogP contribution in [0, 0.1) is 13.8 Å². The molecule has 0 aliphatic rings. The molecule has 0 fully saturated rings. The Morgan fingerprint density at radius 2 is 2.00 bits per heavy atom. The maximum absolute atomic E-state index is 10.2. The number of rotatable bonds is 4. The number of anilines is 1. The van der Waals surface area contributed by atoms with E-state index in [9.17, 15) is 5.11 Å². The second-order valence-corrected chi connectivity index (χ2v) is 5.75. The lowest BCUT2D eigenvalue weighted by Crippen LogP contribution is -2.13. The van der Waals surface area contributed by atoms with E-state index in [0.717, 1.165) is 33.0 Å². The second-order valence-electron chi connectivity index (χ2n) is 4.90. The molecule has 0 aliphatic carbocycles. The van der Waals surface area contributed by atoms with E-state index in [4.69, 9.17) is 0 Å². The highest BCUT2D eigenvalue weighted by molar-refractivity contribution is 7.17. The molecule has 6 heteroatoms. The van der Waals surface area contributed by atoms with Gasteiger partial charge < -0.3 is 10.4 Å². The number of nitrogens with zero attached hydrogens (tertiary/aromatic N) is 3. The van der Waals surface area contributed by atoms with Gasteiger partial charge >= 0.3 is 0 Å². The van der Waals surface area contributed by atoms with Crippen molar-refractivity contribution in [2.45, 2.75) is 20.0 Å². The molecule has 1 unspecified atom stereocenters. The number of aliphatic hydroxyl groups excluding tert-OH is 1. The topological polar surface area (TPSA) is 70.9 Å². The first-order valence-electron chi connectivity index (χ1n) is 6.69. The van der Waals surface area contributed by atoms with E-state index in [1.165, 1.54) is 0 Å². The summed E-state index contributed by atoms with van der Waals surface area (Å²) in [6.07, 6.45) is 2.75. The SMILES string of the molecule is Cc1nc(NCC(O)c2ccncc2)c2c(C)csc2n1. The summed E-state index contributed by atoms with van der Waals surface area (Å²) < 4.78 is 0. The zero-order valence-corrected chi connectivity index (χ0v) is 12.7. The summed E-state index contributed by atoms with van der Waals surface area (Å²) in [6, 6.07) is 3.62. The van der Waals surface area contributed by atoms with Crippen molar-refractivity contribution in [3.63, 3.8) is 0 Å². The van der Waals surface area contributed by atoms with E-state index in [0.29, 0.717) is 6.54 Å². The van der Waals surface area contributed by atoms with Crippen molar-refractivity contribution >= 4 is 27.4 Å². The number of aryl methyl sites for hydroxylation is 2. The van der Waals surface area contributed by atoms with Crippen LogP contribution in [0.1, 0.15) is 23.1 Å². The van der Waals surface area contributed by atoms with Crippen molar-refractivity contribution in [1.29, 1.82) is 0 Å². The summed E-state index contributed by atoms with van der Waals surface area (Å²) in [5, 5.41) is 16.6. The van der Waals surface area contributed by atoms with E-state index in [1.54, 1.807) is 23.7 Å². The maximum Gasteiger partial charge on any atom is 0.138 e. The fourth-order valence-corrected chi connectivity index (χ4v) is 3.18. The average Bonchev–Trinajstić information content (AvgIpc) is 2.86. The number of pyridine rings is 1. The molecule has 0 bridgehead atoms. The highest BCUT2D eigenvalue weighted by Crippen LogP contribution is 2.29. The van der Waals surface area contributed by atoms with Crippen LogP contribution in [0.15, 0.2) is 29.9 Å².